The average Bonchev–Trinajstić information content (AvgIpc) is 2.83. The molecule has 0 saturated carbocycles. The van der Waals surface area contributed by atoms with Gasteiger partial charge in [0.15, 0.2) is 0 Å². The smallest absolute Gasteiger partial charge is 0.319 e. The van der Waals surface area contributed by atoms with Gasteiger partial charge in [0.25, 0.3) is 5.91 Å². The summed E-state index contributed by atoms with van der Waals surface area (Å²) in [7, 11) is 0. The number of amides is 3. The zero-order chi connectivity index (χ0) is 15.4. The number of carbonyl (C=O) groups excluding carboxylic acids is 2. The van der Waals surface area contributed by atoms with E-state index in [1.54, 1.807) is 0 Å². The molecule has 1 fully saturated rings. The SMILES string of the molecule is O=C1NC2(CCc3cc(F)ccc32)C(=O)N1CC(F)(F)F. The molecule has 0 aromatic heterocycles. The number of imide groups is 1. The van der Waals surface area contributed by atoms with Gasteiger partial charge in [0.2, 0.25) is 0 Å². The molecule has 2 aliphatic rings. The van der Waals surface area contributed by atoms with Crippen LogP contribution in [0, 0.1) is 5.82 Å². The van der Waals surface area contributed by atoms with Crippen LogP contribution < -0.4 is 5.32 Å². The lowest BCUT2D eigenvalue weighted by Crippen LogP contribution is -2.43. The minimum Gasteiger partial charge on any atom is -0.319 e. The van der Waals surface area contributed by atoms with Crippen LogP contribution in [0.15, 0.2) is 18.2 Å². The fraction of sp³-hybridized carbons (Fsp3) is 0.385. The summed E-state index contributed by atoms with van der Waals surface area (Å²) in [5, 5.41) is 2.34. The maximum Gasteiger partial charge on any atom is 0.406 e. The minimum absolute atomic E-state index is 0.130. The first kappa shape index (κ1) is 13.8. The number of urea groups is 1. The van der Waals surface area contributed by atoms with Gasteiger partial charge >= 0.3 is 12.2 Å². The van der Waals surface area contributed by atoms with Crippen LogP contribution in [0.4, 0.5) is 22.4 Å². The van der Waals surface area contributed by atoms with E-state index in [0.717, 1.165) is 6.07 Å². The molecule has 1 saturated heterocycles. The Hall–Kier alpha value is -2.12. The maximum absolute atomic E-state index is 13.2. The number of carbonyl (C=O) groups is 2. The first-order valence-electron chi connectivity index (χ1n) is 6.23. The van der Waals surface area contributed by atoms with Gasteiger partial charge in [-0.2, -0.15) is 13.2 Å². The molecule has 1 heterocycles. The second kappa shape index (κ2) is 4.19. The molecule has 112 valence electrons. The number of fused-ring (bicyclic) bond motifs is 2. The van der Waals surface area contributed by atoms with E-state index in [4.69, 9.17) is 0 Å². The number of rotatable bonds is 1. The van der Waals surface area contributed by atoms with E-state index in [2.05, 4.69) is 5.32 Å². The van der Waals surface area contributed by atoms with Crippen LogP contribution in [-0.4, -0.2) is 29.6 Å². The number of hydrogen-bond donors (Lipinski definition) is 1. The molecule has 4 nitrogen and oxygen atoms in total. The lowest BCUT2D eigenvalue weighted by atomic mass is 9.92. The molecule has 8 heteroatoms. The van der Waals surface area contributed by atoms with E-state index in [1.165, 1.54) is 12.1 Å². The molecule has 1 aromatic rings. The molecule has 3 rings (SSSR count). The standard InChI is InChI=1S/C13H10F4N2O2/c14-8-1-2-9-7(5-8)3-4-12(9)10(20)19(11(21)18-12)6-13(15,16)17/h1-2,5H,3-4,6H2,(H,18,21). The van der Waals surface area contributed by atoms with E-state index in [1.807, 2.05) is 0 Å². The topological polar surface area (TPSA) is 49.4 Å². The van der Waals surface area contributed by atoms with Crippen molar-refractivity contribution in [3.8, 4) is 0 Å². The van der Waals surface area contributed by atoms with E-state index in [-0.39, 0.29) is 11.3 Å². The molecular weight excluding hydrogens is 292 g/mol. The molecule has 1 spiro atoms. The van der Waals surface area contributed by atoms with Gasteiger partial charge in [-0.1, -0.05) is 6.07 Å². The second-order valence-corrected chi connectivity index (χ2v) is 5.14. The van der Waals surface area contributed by atoms with Crippen LogP contribution in [-0.2, 0) is 16.8 Å². The average molecular weight is 302 g/mol. The molecule has 0 bridgehead atoms. The summed E-state index contributed by atoms with van der Waals surface area (Å²) in [6.07, 6.45) is -4.22. The zero-order valence-electron chi connectivity index (χ0n) is 10.6. The highest BCUT2D eigenvalue weighted by molar-refractivity contribution is 6.08. The second-order valence-electron chi connectivity index (χ2n) is 5.14. The van der Waals surface area contributed by atoms with Gasteiger partial charge in [0.05, 0.1) is 0 Å². The Morgan fingerprint density at radius 1 is 1.29 bits per heavy atom. The third-order valence-corrected chi connectivity index (χ3v) is 3.81. The summed E-state index contributed by atoms with van der Waals surface area (Å²) in [5.41, 5.74) is -0.602. The normalized spacial score (nSPS) is 24.7. The monoisotopic (exact) mass is 302 g/mol. The summed E-state index contributed by atoms with van der Waals surface area (Å²) in [6, 6.07) is 2.62. The highest BCUT2D eigenvalue weighted by Gasteiger charge is 2.57. The molecule has 1 unspecified atom stereocenters. The maximum atomic E-state index is 13.2. The minimum atomic E-state index is -4.66. The Kier molecular flexibility index (Phi) is 2.76. The quantitative estimate of drug-likeness (QED) is 0.638. The predicted octanol–water partition coefficient (Wildman–Crippen LogP) is 2.08. The van der Waals surface area contributed by atoms with Gasteiger partial charge in [0.1, 0.15) is 17.9 Å². The molecule has 0 radical (unpaired) electrons. The van der Waals surface area contributed by atoms with Crippen LogP contribution in [0.1, 0.15) is 17.5 Å². The Morgan fingerprint density at radius 2 is 2.00 bits per heavy atom. The third-order valence-electron chi connectivity index (χ3n) is 3.81. The Bertz CT molecular complexity index is 644. The van der Waals surface area contributed by atoms with Gasteiger partial charge in [0, 0.05) is 0 Å². The van der Waals surface area contributed by atoms with Crippen LogP contribution in [0.3, 0.4) is 0 Å². The van der Waals surface area contributed by atoms with E-state index in [9.17, 15) is 27.2 Å². The highest BCUT2D eigenvalue weighted by Crippen LogP contribution is 2.42. The molecule has 21 heavy (non-hydrogen) atoms. The molecule has 1 aliphatic carbocycles. The van der Waals surface area contributed by atoms with Gasteiger partial charge < -0.3 is 5.32 Å². The van der Waals surface area contributed by atoms with Crippen molar-refractivity contribution in [3.05, 3.63) is 35.1 Å². The summed E-state index contributed by atoms with van der Waals surface area (Å²) >= 11 is 0. The molecule has 1 aromatic carbocycles. The van der Waals surface area contributed by atoms with Gasteiger partial charge in [-0.15, -0.1) is 0 Å². The fourth-order valence-corrected chi connectivity index (χ4v) is 2.94. The number of aryl methyl sites for hydroxylation is 1. The first-order valence-corrected chi connectivity index (χ1v) is 6.23. The van der Waals surface area contributed by atoms with Crippen molar-refractivity contribution in [2.24, 2.45) is 0 Å². The molecule has 1 aliphatic heterocycles. The Labute approximate surface area is 116 Å². The van der Waals surface area contributed by atoms with Crippen molar-refractivity contribution in [2.45, 2.75) is 24.6 Å². The number of hydrogen-bond acceptors (Lipinski definition) is 2. The molecule has 1 N–H and O–H groups in total. The summed E-state index contributed by atoms with van der Waals surface area (Å²) in [6.45, 7) is -1.63. The first-order chi connectivity index (χ1) is 9.73. The number of nitrogens with zero attached hydrogens (tertiary/aromatic N) is 1. The van der Waals surface area contributed by atoms with Crippen LogP contribution in [0.25, 0.3) is 0 Å². The van der Waals surface area contributed by atoms with Gasteiger partial charge in [-0.25, -0.2) is 9.18 Å². The highest BCUT2D eigenvalue weighted by atomic mass is 19.4. The predicted molar refractivity (Wildman–Crippen MR) is 62.7 cm³/mol. The van der Waals surface area contributed by atoms with Crippen LogP contribution >= 0.6 is 0 Å². The number of alkyl halides is 3. The molecular formula is C13H10F4N2O2. The Balaban J connectivity index is 1.99. The number of halogens is 4. The summed E-state index contributed by atoms with van der Waals surface area (Å²) in [4.78, 5) is 24.2. The lowest BCUT2D eigenvalue weighted by molar-refractivity contribution is -0.155. The Morgan fingerprint density at radius 3 is 2.67 bits per heavy atom. The van der Waals surface area contributed by atoms with E-state index in [0.29, 0.717) is 17.5 Å². The largest absolute Gasteiger partial charge is 0.406 e. The van der Waals surface area contributed by atoms with E-state index >= 15 is 0 Å². The van der Waals surface area contributed by atoms with Crippen LogP contribution in [0.2, 0.25) is 0 Å². The summed E-state index contributed by atoms with van der Waals surface area (Å²) in [5.74, 6) is -1.43. The number of nitrogens with one attached hydrogen (secondary N) is 1. The molecule has 3 amide bonds. The van der Waals surface area contributed by atoms with Gasteiger partial charge in [-0.3, -0.25) is 9.69 Å². The summed E-state index contributed by atoms with van der Waals surface area (Å²) < 4.78 is 50.5. The zero-order valence-corrected chi connectivity index (χ0v) is 10.6. The van der Waals surface area contributed by atoms with E-state index < -0.39 is 36.0 Å². The van der Waals surface area contributed by atoms with Crippen molar-refractivity contribution in [1.82, 2.24) is 10.2 Å². The van der Waals surface area contributed by atoms with Gasteiger partial charge in [-0.05, 0) is 36.1 Å². The third kappa shape index (κ3) is 2.05. The number of benzene rings is 1. The van der Waals surface area contributed by atoms with Crippen molar-refractivity contribution in [1.29, 1.82) is 0 Å². The van der Waals surface area contributed by atoms with Crippen LogP contribution in [0.5, 0.6) is 0 Å². The van der Waals surface area contributed by atoms with Crippen molar-refractivity contribution in [3.63, 3.8) is 0 Å². The van der Waals surface area contributed by atoms with Crippen molar-refractivity contribution in [2.75, 3.05) is 6.54 Å². The molecule has 1 atom stereocenters. The lowest BCUT2D eigenvalue weighted by Gasteiger charge is -2.22. The fourth-order valence-electron chi connectivity index (χ4n) is 2.94. The van der Waals surface area contributed by atoms with Crippen molar-refractivity contribution >= 4 is 11.9 Å². The van der Waals surface area contributed by atoms with Crippen molar-refractivity contribution < 1.29 is 27.2 Å².